The fourth-order valence-corrected chi connectivity index (χ4v) is 5.10. The second kappa shape index (κ2) is 10.0. The molecule has 164 valence electrons. The first kappa shape index (κ1) is 22.9. The molecular weight excluding hydrogens is 436 g/mol. The van der Waals surface area contributed by atoms with Gasteiger partial charge in [0.25, 0.3) is 0 Å². The summed E-state index contributed by atoms with van der Waals surface area (Å²) in [5.41, 5.74) is 2.02. The second-order valence-electron chi connectivity index (χ2n) is 6.61. The molecule has 0 radical (unpaired) electrons. The third-order valence-electron chi connectivity index (χ3n) is 4.60. The molecule has 11 heteroatoms. The van der Waals surface area contributed by atoms with Crippen LogP contribution in [0.5, 0.6) is 0 Å². The molecule has 1 heterocycles. The van der Waals surface area contributed by atoms with Crippen LogP contribution in [0.1, 0.15) is 19.4 Å². The quantitative estimate of drug-likeness (QED) is 0.489. The number of hydrogen-bond donors (Lipinski definition) is 1. The van der Waals surface area contributed by atoms with Crippen molar-refractivity contribution in [3.63, 3.8) is 0 Å². The number of para-hydroxylation sites is 1. The highest BCUT2D eigenvalue weighted by Gasteiger charge is 2.22. The van der Waals surface area contributed by atoms with E-state index < -0.39 is 10.0 Å². The molecule has 0 spiro atoms. The average Bonchev–Trinajstić information content (AvgIpc) is 3.23. The lowest BCUT2D eigenvalue weighted by atomic mass is 10.2. The third-order valence-corrected chi connectivity index (χ3v) is 7.57. The van der Waals surface area contributed by atoms with Crippen molar-refractivity contribution in [2.45, 2.75) is 30.8 Å². The smallest absolute Gasteiger partial charge is 0.243 e. The molecule has 31 heavy (non-hydrogen) atoms. The molecule has 2 aromatic carbocycles. The van der Waals surface area contributed by atoms with Crippen LogP contribution < -0.4 is 5.32 Å². The summed E-state index contributed by atoms with van der Waals surface area (Å²) >= 11 is 1.19. The summed E-state index contributed by atoms with van der Waals surface area (Å²) in [7, 11) is -3.61. The zero-order chi connectivity index (χ0) is 22.4. The van der Waals surface area contributed by atoms with Gasteiger partial charge in [0.1, 0.15) is 0 Å². The van der Waals surface area contributed by atoms with E-state index in [-0.39, 0.29) is 16.6 Å². The maximum atomic E-state index is 12.8. The van der Waals surface area contributed by atoms with E-state index in [2.05, 4.69) is 20.8 Å². The summed E-state index contributed by atoms with van der Waals surface area (Å²) in [5, 5.41) is 14.9. The molecule has 0 aliphatic heterocycles. The van der Waals surface area contributed by atoms with Crippen molar-refractivity contribution in [1.82, 2.24) is 24.5 Å². The summed E-state index contributed by atoms with van der Waals surface area (Å²) in [6.45, 7) is 6.14. The van der Waals surface area contributed by atoms with Gasteiger partial charge in [0.05, 0.1) is 16.3 Å². The number of carbonyl (C=O) groups is 1. The summed E-state index contributed by atoms with van der Waals surface area (Å²) in [5.74, 6) is -0.215. The Labute approximate surface area is 185 Å². The molecule has 0 saturated heterocycles. The molecule has 1 N–H and O–H groups in total. The van der Waals surface area contributed by atoms with Gasteiger partial charge in [-0.3, -0.25) is 4.79 Å². The van der Waals surface area contributed by atoms with Crippen LogP contribution in [-0.2, 0) is 14.8 Å². The van der Waals surface area contributed by atoms with Gasteiger partial charge in [-0.25, -0.2) is 8.42 Å². The molecule has 0 fully saturated rings. The number of amides is 1. The highest BCUT2D eigenvalue weighted by atomic mass is 32.2. The van der Waals surface area contributed by atoms with Crippen LogP contribution in [0.25, 0.3) is 5.69 Å². The number of anilines is 1. The van der Waals surface area contributed by atoms with E-state index in [1.165, 1.54) is 22.1 Å². The van der Waals surface area contributed by atoms with E-state index in [9.17, 15) is 13.2 Å². The monoisotopic (exact) mass is 460 g/mol. The number of benzene rings is 2. The lowest BCUT2D eigenvalue weighted by molar-refractivity contribution is -0.113. The Kier molecular flexibility index (Phi) is 7.42. The molecule has 0 saturated carbocycles. The largest absolute Gasteiger partial charge is 0.325 e. The fourth-order valence-electron chi connectivity index (χ4n) is 2.93. The molecule has 0 aliphatic carbocycles. The number of sulfonamides is 1. The number of thioether (sulfide) groups is 1. The van der Waals surface area contributed by atoms with E-state index >= 15 is 0 Å². The topological polar surface area (TPSA) is 110 Å². The van der Waals surface area contributed by atoms with Gasteiger partial charge in [-0.05, 0) is 47.2 Å². The summed E-state index contributed by atoms with van der Waals surface area (Å²) in [6.07, 6.45) is 0. The standard InChI is InChI=1S/C20H24N6O3S2/c1-4-25(5-2)31(28,29)17-12-11-15(3)18(13-17)21-19(27)14-30-20-22-23-24-26(20)16-9-7-6-8-10-16/h6-13H,4-5,14H2,1-3H3,(H,21,27). The lowest BCUT2D eigenvalue weighted by Gasteiger charge is -2.19. The molecule has 9 nitrogen and oxygen atoms in total. The van der Waals surface area contributed by atoms with Crippen LogP contribution in [0.4, 0.5) is 5.69 Å². The van der Waals surface area contributed by atoms with E-state index in [1.54, 1.807) is 30.7 Å². The van der Waals surface area contributed by atoms with Crippen molar-refractivity contribution < 1.29 is 13.2 Å². The summed E-state index contributed by atoms with van der Waals surface area (Å²) in [4.78, 5) is 12.7. The number of nitrogens with one attached hydrogen (secondary N) is 1. The summed E-state index contributed by atoms with van der Waals surface area (Å²) in [6, 6.07) is 14.1. The number of aryl methyl sites for hydroxylation is 1. The van der Waals surface area contributed by atoms with Crippen molar-refractivity contribution in [1.29, 1.82) is 0 Å². The first-order chi connectivity index (χ1) is 14.9. The Morgan fingerprint density at radius 1 is 1.13 bits per heavy atom. The second-order valence-corrected chi connectivity index (χ2v) is 9.49. The van der Waals surface area contributed by atoms with Gasteiger partial charge < -0.3 is 5.32 Å². The number of nitrogens with zero attached hydrogens (tertiary/aromatic N) is 5. The van der Waals surface area contributed by atoms with Gasteiger partial charge in [0, 0.05) is 18.8 Å². The number of tetrazole rings is 1. The highest BCUT2D eigenvalue weighted by molar-refractivity contribution is 7.99. The SMILES string of the molecule is CCN(CC)S(=O)(=O)c1ccc(C)c(NC(=O)CSc2nnnn2-c2ccccc2)c1. The fraction of sp³-hybridized carbons (Fsp3) is 0.300. The predicted octanol–water partition coefficient (Wildman–Crippen LogP) is 2.73. The Hall–Kier alpha value is -2.76. The number of aromatic nitrogens is 4. The molecule has 0 atom stereocenters. The van der Waals surface area contributed by atoms with Crippen LogP contribution >= 0.6 is 11.8 Å². The zero-order valence-corrected chi connectivity index (χ0v) is 19.2. The number of hydrogen-bond acceptors (Lipinski definition) is 7. The van der Waals surface area contributed by atoms with Gasteiger partial charge in [0.2, 0.25) is 21.1 Å². The molecule has 0 bridgehead atoms. The average molecular weight is 461 g/mol. The van der Waals surface area contributed by atoms with Crippen LogP contribution in [-0.4, -0.2) is 57.7 Å². The Bertz CT molecular complexity index is 1140. The van der Waals surface area contributed by atoms with Crippen LogP contribution in [0.3, 0.4) is 0 Å². The number of rotatable bonds is 9. The Morgan fingerprint density at radius 3 is 2.52 bits per heavy atom. The maximum absolute atomic E-state index is 12.8. The van der Waals surface area contributed by atoms with Gasteiger partial charge in [-0.15, -0.1) is 5.10 Å². The lowest BCUT2D eigenvalue weighted by Crippen LogP contribution is -2.30. The van der Waals surface area contributed by atoms with Crippen molar-refractivity contribution in [3.05, 3.63) is 54.1 Å². The first-order valence-electron chi connectivity index (χ1n) is 9.74. The van der Waals surface area contributed by atoms with Gasteiger partial charge in [0.15, 0.2) is 0 Å². The van der Waals surface area contributed by atoms with Crippen LogP contribution in [0, 0.1) is 6.92 Å². The van der Waals surface area contributed by atoms with Gasteiger partial charge >= 0.3 is 0 Å². The molecule has 0 aliphatic rings. The van der Waals surface area contributed by atoms with Crippen molar-refractivity contribution in [3.8, 4) is 5.69 Å². The Morgan fingerprint density at radius 2 is 1.84 bits per heavy atom. The molecule has 0 unspecified atom stereocenters. The van der Waals surface area contributed by atoms with Gasteiger partial charge in [-0.1, -0.05) is 49.9 Å². The van der Waals surface area contributed by atoms with E-state index in [0.29, 0.717) is 23.9 Å². The van der Waals surface area contributed by atoms with Crippen molar-refractivity contribution in [2.75, 3.05) is 24.2 Å². The first-order valence-corrected chi connectivity index (χ1v) is 12.2. The summed E-state index contributed by atoms with van der Waals surface area (Å²) < 4.78 is 28.5. The van der Waals surface area contributed by atoms with E-state index in [1.807, 2.05) is 37.3 Å². The van der Waals surface area contributed by atoms with Gasteiger partial charge in [-0.2, -0.15) is 8.99 Å². The minimum Gasteiger partial charge on any atom is -0.325 e. The minimum atomic E-state index is -3.61. The molecule has 3 rings (SSSR count). The zero-order valence-electron chi connectivity index (χ0n) is 17.5. The van der Waals surface area contributed by atoms with E-state index in [0.717, 1.165) is 11.3 Å². The Balaban J connectivity index is 1.71. The van der Waals surface area contributed by atoms with E-state index in [4.69, 9.17) is 0 Å². The molecule has 1 aromatic heterocycles. The third kappa shape index (κ3) is 5.30. The van der Waals surface area contributed by atoms with Crippen LogP contribution in [0.15, 0.2) is 58.6 Å². The predicted molar refractivity (Wildman–Crippen MR) is 120 cm³/mol. The highest BCUT2D eigenvalue weighted by Crippen LogP contribution is 2.24. The van der Waals surface area contributed by atoms with Crippen molar-refractivity contribution in [2.24, 2.45) is 0 Å². The molecule has 1 amide bonds. The minimum absolute atomic E-state index is 0.0691. The maximum Gasteiger partial charge on any atom is 0.243 e. The van der Waals surface area contributed by atoms with Crippen molar-refractivity contribution >= 4 is 33.4 Å². The normalized spacial score (nSPS) is 11.6. The molecular formula is C20H24N6O3S2. The molecule has 3 aromatic rings. The van der Waals surface area contributed by atoms with Crippen LogP contribution in [0.2, 0.25) is 0 Å². The number of carbonyl (C=O) groups excluding carboxylic acids is 1.